The van der Waals surface area contributed by atoms with E-state index in [1.165, 1.54) is 0 Å². The molecular formula is C40H44ClN3O9. The van der Waals surface area contributed by atoms with Gasteiger partial charge in [0.05, 0.1) is 31.7 Å². The molecule has 280 valence electrons. The fourth-order valence-electron chi connectivity index (χ4n) is 8.74. The lowest BCUT2D eigenvalue weighted by Crippen LogP contribution is -2.68. The Hall–Kier alpha value is -4.54. The summed E-state index contributed by atoms with van der Waals surface area (Å²) in [6.45, 7) is 3.73. The topological polar surface area (TPSA) is 129 Å². The van der Waals surface area contributed by atoms with Crippen LogP contribution in [0.15, 0.2) is 36.4 Å². The maximum Gasteiger partial charge on any atom is 0.312 e. The first kappa shape index (κ1) is 36.8. The number of fused-ring (bicyclic) bond motifs is 9. The van der Waals surface area contributed by atoms with E-state index in [1.54, 1.807) is 14.2 Å². The van der Waals surface area contributed by atoms with Crippen LogP contribution in [-0.4, -0.2) is 87.2 Å². The Balaban J connectivity index is 1.38. The minimum absolute atomic E-state index is 0.00898. The highest BCUT2D eigenvalue weighted by Crippen LogP contribution is 2.58. The van der Waals surface area contributed by atoms with E-state index in [-0.39, 0.29) is 63.0 Å². The predicted octanol–water partition coefficient (Wildman–Crippen LogP) is 5.51. The quantitative estimate of drug-likeness (QED) is 0.100. The molecule has 4 heterocycles. The summed E-state index contributed by atoms with van der Waals surface area (Å²) in [7, 11) is 5.22. The number of halogens is 1. The van der Waals surface area contributed by atoms with Gasteiger partial charge in [-0.05, 0) is 56.8 Å². The lowest BCUT2D eigenvalue weighted by molar-refractivity contribution is -0.149. The third-order valence-corrected chi connectivity index (χ3v) is 11.1. The summed E-state index contributed by atoms with van der Waals surface area (Å²) in [6, 6.07) is 12.4. The standard InChI is InChI=1S/C40H44ClN3O9/c1-22-15-25-16-27-29(18-42)44-28(35(43(27)3)33(25)39(36(22)48-5)50-20-47-4)17-26-34(30(44)19-49-31(45)12-11-24-9-7-6-8-10-24)40-38(51-21-52-40)23(2)37(26)53-32(46)13-14-41/h6-10,15,27-30,35H,11-14,16-17,19-21H2,1-5H3/t27-,28?,29+,30+,35-/m1/s1. The van der Waals surface area contributed by atoms with Crippen LogP contribution < -0.4 is 23.7 Å². The zero-order valence-corrected chi connectivity index (χ0v) is 31.4. The van der Waals surface area contributed by atoms with Gasteiger partial charge in [0.25, 0.3) is 0 Å². The number of methoxy groups -OCH3 is 2. The number of piperazine rings is 1. The Morgan fingerprint density at radius 1 is 0.981 bits per heavy atom. The van der Waals surface area contributed by atoms with E-state index in [2.05, 4.69) is 21.9 Å². The van der Waals surface area contributed by atoms with Crippen molar-refractivity contribution in [3.8, 4) is 34.8 Å². The van der Waals surface area contributed by atoms with Crippen molar-refractivity contribution in [2.24, 2.45) is 0 Å². The number of benzene rings is 3. The molecule has 53 heavy (non-hydrogen) atoms. The van der Waals surface area contributed by atoms with Crippen LogP contribution in [-0.2, 0) is 38.3 Å². The third-order valence-electron chi connectivity index (χ3n) is 10.9. The van der Waals surface area contributed by atoms with Gasteiger partial charge in [-0.15, -0.1) is 11.6 Å². The maximum atomic E-state index is 13.4. The van der Waals surface area contributed by atoms with E-state index < -0.39 is 18.1 Å². The molecule has 2 bridgehead atoms. The van der Waals surface area contributed by atoms with Gasteiger partial charge in [0.1, 0.15) is 18.4 Å². The normalized spacial score (nSPS) is 22.5. The Bertz CT molecular complexity index is 1930. The highest BCUT2D eigenvalue weighted by molar-refractivity contribution is 6.18. The number of carbonyl (C=O) groups excluding carboxylic acids is 2. The van der Waals surface area contributed by atoms with E-state index in [1.807, 2.05) is 51.2 Å². The van der Waals surface area contributed by atoms with Crippen LogP contribution in [0.4, 0.5) is 0 Å². The number of nitriles is 1. The van der Waals surface area contributed by atoms with E-state index >= 15 is 0 Å². The van der Waals surface area contributed by atoms with Crippen molar-refractivity contribution >= 4 is 23.5 Å². The summed E-state index contributed by atoms with van der Waals surface area (Å²) >= 11 is 5.96. The molecule has 7 rings (SSSR count). The summed E-state index contributed by atoms with van der Waals surface area (Å²) in [4.78, 5) is 30.9. The zero-order chi connectivity index (χ0) is 37.4. The zero-order valence-electron chi connectivity index (χ0n) is 30.6. The number of nitrogens with zero attached hydrogens (tertiary/aromatic N) is 3. The molecule has 4 aliphatic rings. The molecule has 0 radical (unpaired) electrons. The van der Waals surface area contributed by atoms with Crippen molar-refractivity contribution in [2.45, 2.75) is 76.2 Å². The molecule has 0 saturated carbocycles. The fraction of sp³-hybridized carbons (Fsp3) is 0.475. The first-order valence-electron chi connectivity index (χ1n) is 17.8. The molecule has 0 aromatic heterocycles. The van der Waals surface area contributed by atoms with Crippen molar-refractivity contribution in [1.82, 2.24) is 9.80 Å². The molecule has 0 spiro atoms. The van der Waals surface area contributed by atoms with Crippen molar-refractivity contribution in [3.05, 3.63) is 75.3 Å². The van der Waals surface area contributed by atoms with Crippen LogP contribution in [0.5, 0.6) is 28.7 Å². The predicted molar refractivity (Wildman–Crippen MR) is 194 cm³/mol. The second kappa shape index (κ2) is 15.4. The Labute approximate surface area is 314 Å². The highest BCUT2D eigenvalue weighted by Gasteiger charge is 2.57. The molecule has 0 aliphatic carbocycles. The SMILES string of the molecule is COCOc1c(OC)c(C)cc2c1[C@H]1C3Cc4c(OC(=O)CCCl)c(C)c5c(c4[C@H](COC(=O)CCc4ccccc4)N3[C@@H](C#N)[C@@H](C2)N1C)OCO5. The number of likely N-dealkylation sites (N-methyl/N-ethyl adjacent to an activating group) is 1. The largest absolute Gasteiger partial charge is 0.493 e. The average molecular weight is 746 g/mol. The summed E-state index contributed by atoms with van der Waals surface area (Å²) in [5.41, 5.74) is 5.98. The average Bonchev–Trinajstić information content (AvgIpc) is 3.65. The molecular weight excluding hydrogens is 702 g/mol. The van der Waals surface area contributed by atoms with Crippen LogP contribution in [0.25, 0.3) is 0 Å². The number of esters is 2. The number of ether oxygens (including phenoxy) is 7. The van der Waals surface area contributed by atoms with E-state index in [9.17, 15) is 14.9 Å². The van der Waals surface area contributed by atoms with Gasteiger partial charge in [-0.2, -0.15) is 5.26 Å². The van der Waals surface area contributed by atoms with E-state index in [0.717, 1.165) is 27.8 Å². The molecule has 13 heteroatoms. The van der Waals surface area contributed by atoms with Crippen molar-refractivity contribution in [1.29, 1.82) is 5.26 Å². The van der Waals surface area contributed by atoms with Gasteiger partial charge in [0.2, 0.25) is 6.79 Å². The summed E-state index contributed by atoms with van der Waals surface area (Å²) in [6.07, 6.45) is 1.66. The highest BCUT2D eigenvalue weighted by atomic mass is 35.5. The molecule has 0 amide bonds. The molecule has 0 N–H and O–H groups in total. The second-order valence-corrected chi connectivity index (χ2v) is 14.2. The molecule has 3 aromatic rings. The van der Waals surface area contributed by atoms with Crippen molar-refractivity contribution in [3.63, 3.8) is 0 Å². The first-order chi connectivity index (χ1) is 25.7. The minimum atomic E-state index is -0.647. The Kier molecular flexibility index (Phi) is 10.7. The molecule has 1 saturated heterocycles. The van der Waals surface area contributed by atoms with Crippen molar-refractivity contribution < 1.29 is 42.7 Å². The number of hydrogen-bond acceptors (Lipinski definition) is 12. The number of alkyl halides is 1. The lowest BCUT2D eigenvalue weighted by atomic mass is 9.71. The van der Waals surface area contributed by atoms with E-state index in [4.69, 9.17) is 44.8 Å². The first-order valence-corrected chi connectivity index (χ1v) is 18.4. The summed E-state index contributed by atoms with van der Waals surface area (Å²) in [5.74, 6) is 1.77. The number of rotatable bonds is 12. The smallest absolute Gasteiger partial charge is 0.312 e. The number of carbonyl (C=O) groups is 2. The summed E-state index contributed by atoms with van der Waals surface area (Å²) < 4.78 is 41.9. The number of hydrogen-bond donors (Lipinski definition) is 0. The van der Waals surface area contributed by atoms with Crippen LogP contribution in [0.2, 0.25) is 0 Å². The van der Waals surface area contributed by atoms with Gasteiger partial charge in [0.15, 0.2) is 29.8 Å². The maximum absolute atomic E-state index is 13.4. The van der Waals surface area contributed by atoms with E-state index in [0.29, 0.717) is 59.1 Å². The van der Waals surface area contributed by atoms with Gasteiger partial charge >= 0.3 is 11.9 Å². The van der Waals surface area contributed by atoms with Gasteiger partial charge < -0.3 is 33.2 Å². The van der Waals surface area contributed by atoms with Crippen LogP contribution in [0.1, 0.15) is 63.9 Å². The van der Waals surface area contributed by atoms with Crippen LogP contribution in [0.3, 0.4) is 0 Å². The lowest BCUT2D eigenvalue weighted by Gasteiger charge is -2.59. The van der Waals surface area contributed by atoms with Gasteiger partial charge in [-0.25, -0.2) is 0 Å². The van der Waals surface area contributed by atoms with Crippen molar-refractivity contribution in [2.75, 3.05) is 47.3 Å². The van der Waals surface area contributed by atoms with Gasteiger partial charge in [0, 0.05) is 53.7 Å². The summed E-state index contributed by atoms with van der Waals surface area (Å²) in [5, 5.41) is 11.0. The fourth-order valence-corrected chi connectivity index (χ4v) is 8.90. The monoisotopic (exact) mass is 745 g/mol. The Morgan fingerprint density at radius 3 is 2.47 bits per heavy atom. The minimum Gasteiger partial charge on any atom is -0.493 e. The molecule has 4 aliphatic heterocycles. The van der Waals surface area contributed by atoms with Gasteiger partial charge in [-0.1, -0.05) is 36.4 Å². The number of aryl methyl sites for hydroxylation is 2. The third kappa shape index (κ3) is 6.54. The van der Waals surface area contributed by atoms with Gasteiger partial charge in [-0.3, -0.25) is 19.4 Å². The molecule has 3 aromatic carbocycles. The molecule has 5 atom stereocenters. The van der Waals surface area contributed by atoms with Crippen LogP contribution in [0, 0.1) is 25.2 Å². The Morgan fingerprint density at radius 2 is 1.75 bits per heavy atom. The van der Waals surface area contributed by atoms with Crippen LogP contribution >= 0.6 is 11.6 Å². The molecule has 1 unspecified atom stereocenters. The second-order valence-electron chi connectivity index (χ2n) is 13.9. The molecule has 12 nitrogen and oxygen atoms in total. The molecule has 1 fully saturated rings.